The van der Waals surface area contributed by atoms with Gasteiger partial charge in [-0.3, -0.25) is 4.79 Å². The lowest BCUT2D eigenvalue weighted by atomic mass is 10.2. The summed E-state index contributed by atoms with van der Waals surface area (Å²) in [4.78, 5) is 11.9. The molecule has 124 valence electrons. The number of hydrogen-bond donors (Lipinski definition) is 2. The molecule has 0 fully saturated rings. The van der Waals surface area contributed by atoms with Gasteiger partial charge in [-0.05, 0) is 11.6 Å². The zero-order chi connectivity index (χ0) is 16.9. The Labute approximate surface area is 148 Å². The average molecular weight is 393 g/mol. The van der Waals surface area contributed by atoms with Crippen LogP contribution < -0.4 is 10.0 Å². The quantitative estimate of drug-likeness (QED) is 0.760. The van der Waals surface area contributed by atoms with Crippen LogP contribution in [0.15, 0.2) is 36.4 Å². The van der Waals surface area contributed by atoms with Crippen molar-refractivity contribution in [1.29, 1.82) is 0 Å². The van der Waals surface area contributed by atoms with Gasteiger partial charge in [0.05, 0.1) is 15.7 Å². The van der Waals surface area contributed by atoms with Crippen LogP contribution >= 0.6 is 34.5 Å². The molecule has 9 heteroatoms. The van der Waals surface area contributed by atoms with E-state index in [9.17, 15) is 13.2 Å². The summed E-state index contributed by atoms with van der Waals surface area (Å²) >= 11 is 12.7. The van der Waals surface area contributed by atoms with Crippen molar-refractivity contribution in [3.63, 3.8) is 0 Å². The third-order valence-corrected chi connectivity index (χ3v) is 5.71. The van der Waals surface area contributed by atoms with Crippen LogP contribution in [0.4, 0.5) is 0 Å². The van der Waals surface area contributed by atoms with Gasteiger partial charge in [0.1, 0.15) is 4.34 Å². The highest BCUT2D eigenvalue weighted by molar-refractivity contribution is 7.89. The zero-order valence-corrected chi connectivity index (χ0v) is 15.0. The number of rotatable bonds is 7. The molecule has 0 aliphatic rings. The highest BCUT2D eigenvalue weighted by Crippen LogP contribution is 2.30. The SMILES string of the molecule is O=C(NCCS(=O)(=O)NCc1ccccc1)c1cc(Cl)sc1Cl. The van der Waals surface area contributed by atoms with Crippen LogP contribution in [0.1, 0.15) is 15.9 Å². The fourth-order valence-electron chi connectivity index (χ4n) is 1.75. The summed E-state index contributed by atoms with van der Waals surface area (Å²) in [5.74, 6) is -0.669. The Morgan fingerprint density at radius 1 is 1.17 bits per heavy atom. The summed E-state index contributed by atoms with van der Waals surface area (Å²) in [6.45, 7) is 0.190. The van der Waals surface area contributed by atoms with Crippen LogP contribution in [-0.2, 0) is 16.6 Å². The van der Waals surface area contributed by atoms with Gasteiger partial charge in [0.2, 0.25) is 10.0 Å². The number of amides is 1. The van der Waals surface area contributed by atoms with Crippen molar-refractivity contribution < 1.29 is 13.2 Å². The molecule has 1 amide bonds. The smallest absolute Gasteiger partial charge is 0.253 e. The van der Waals surface area contributed by atoms with Gasteiger partial charge in [-0.15, -0.1) is 11.3 Å². The van der Waals surface area contributed by atoms with Crippen LogP contribution in [-0.4, -0.2) is 26.6 Å². The summed E-state index contributed by atoms with van der Waals surface area (Å²) in [7, 11) is -3.48. The second-order valence-corrected chi connectivity index (χ2v) is 8.83. The molecule has 0 aliphatic heterocycles. The average Bonchev–Trinajstić information content (AvgIpc) is 2.85. The summed E-state index contributed by atoms with van der Waals surface area (Å²) in [5, 5.41) is 2.51. The molecule has 2 aromatic rings. The molecular formula is C14H14Cl2N2O3S2. The molecule has 1 heterocycles. The maximum atomic E-state index is 11.9. The highest BCUT2D eigenvalue weighted by atomic mass is 35.5. The summed E-state index contributed by atoms with van der Waals surface area (Å²) in [6, 6.07) is 10.6. The van der Waals surface area contributed by atoms with Gasteiger partial charge < -0.3 is 5.32 Å². The normalized spacial score (nSPS) is 11.4. The van der Waals surface area contributed by atoms with E-state index in [1.165, 1.54) is 6.07 Å². The van der Waals surface area contributed by atoms with Crippen molar-refractivity contribution in [3.8, 4) is 0 Å². The molecule has 0 saturated heterocycles. The largest absolute Gasteiger partial charge is 0.351 e. The lowest BCUT2D eigenvalue weighted by Gasteiger charge is -2.08. The minimum absolute atomic E-state index is 0.0211. The van der Waals surface area contributed by atoms with Crippen molar-refractivity contribution in [2.45, 2.75) is 6.54 Å². The number of sulfonamides is 1. The molecule has 5 nitrogen and oxygen atoms in total. The molecule has 0 atom stereocenters. The van der Waals surface area contributed by atoms with E-state index < -0.39 is 15.9 Å². The second-order valence-electron chi connectivity index (χ2n) is 4.62. The number of thiophene rings is 1. The number of hydrogen-bond acceptors (Lipinski definition) is 4. The topological polar surface area (TPSA) is 75.3 Å². The van der Waals surface area contributed by atoms with Crippen LogP contribution in [0.3, 0.4) is 0 Å². The minimum atomic E-state index is -3.48. The van der Waals surface area contributed by atoms with E-state index in [0.717, 1.165) is 16.9 Å². The lowest BCUT2D eigenvalue weighted by molar-refractivity contribution is 0.0956. The predicted octanol–water partition coefficient (Wildman–Crippen LogP) is 2.90. The Morgan fingerprint density at radius 3 is 2.48 bits per heavy atom. The first kappa shape index (κ1) is 18.2. The van der Waals surface area contributed by atoms with Crippen LogP contribution in [0.2, 0.25) is 8.67 Å². The molecule has 0 aliphatic carbocycles. The van der Waals surface area contributed by atoms with E-state index >= 15 is 0 Å². The Morgan fingerprint density at radius 2 is 1.87 bits per heavy atom. The fourth-order valence-corrected chi connectivity index (χ4v) is 4.11. The molecule has 0 radical (unpaired) electrons. The fraction of sp³-hybridized carbons (Fsp3) is 0.214. The molecule has 1 aromatic heterocycles. The number of carbonyl (C=O) groups is 1. The van der Waals surface area contributed by atoms with Crippen LogP contribution in [0.5, 0.6) is 0 Å². The van der Waals surface area contributed by atoms with Crippen LogP contribution in [0, 0.1) is 0 Å². The van der Waals surface area contributed by atoms with Crippen molar-refractivity contribution in [3.05, 3.63) is 56.2 Å². The Hall–Kier alpha value is -1.12. The van der Waals surface area contributed by atoms with Gasteiger partial charge in [-0.25, -0.2) is 13.1 Å². The molecule has 0 unspecified atom stereocenters. The van der Waals surface area contributed by atoms with E-state index in [-0.39, 0.29) is 28.7 Å². The highest BCUT2D eigenvalue weighted by Gasteiger charge is 2.15. The summed E-state index contributed by atoms with van der Waals surface area (Å²) in [5.41, 5.74) is 1.11. The van der Waals surface area contributed by atoms with Gasteiger partial charge in [-0.2, -0.15) is 0 Å². The molecule has 0 bridgehead atoms. The van der Waals surface area contributed by atoms with Crippen LogP contribution in [0.25, 0.3) is 0 Å². The summed E-state index contributed by atoms with van der Waals surface area (Å²) < 4.78 is 26.9. The first-order valence-corrected chi connectivity index (χ1v) is 9.84. The summed E-state index contributed by atoms with van der Waals surface area (Å²) in [6.07, 6.45) is 0. The molecule has 2 rings (SSSR count). The first-order chi connectivity index (χ1) is 10.9. The standard InChI is InChI=1S/C14H14Cl2N2O3S2/c15-12-8-11(13(16)22-12)14(19)17-6-7-23(20,21)18-9-10-4-2-1-3-5-10/h1-5,8,18H,6-7,9H2,(H,17,19). The van der Waals surface area contributed by atoms with Gasteiger partial charge in [-0.1, -0.05) is 53.5 Å². The Bertz CT molecular complexity index is 777. The maximum Gasteiger partial charge on any atom is 0.253 e. The molecule has 1 aromatic carbocycles. The number of nitrogens with one attached hydrogen (secondary N) is 2. The number of benzene rings is 1. The van der Waals surface area contributed by atoms with Crippen molar-refractivity contribution >= 4 is 50.5 Å². The van der Waals surface area contributed by atoms with Gasteiger partial charge in [0.25, 0.3) is 5.91 Å². The monoisotopic (exact) mass is 392 g/mol. The lowest BCUT2D eigenvalue weighted by Crippen LogP contribution is -2.34. The van der Waals surface area contributed by atoms with Gasteiger partial charge in [0, 0.05) is 13.1 Å². The zero-order valence-electron chi connectivity index (χ0n) is 11.9. The van der Waals surface area contributed by atoms with Crippen molar-refractivity contribution in [2.24, 2.45) is 0 Å². The van der Waals surface area contributed by atoms with E-state index in [1.807, 2.05) is 30.3 Å². The molecule has 23 heavy (non-hydrogen) atoms. The van der Waals surface area contributed by atoms with E-state index in [4.69, 9.17) is 23.2 Å². The van der Waals surface area contributed by atoms with E-state index in [2.05, 4.69) is 10.0 Å². The van der Waals surface area contributed by atoms with E-state index in [0.29, 0.717) is 4.34 Å². The number of carbonyl (C=O) groups excluding carboxylic acids is 1. The van der Waals surface area contributed by atoms with Gasteiger partial charge in [0.15, 0.2) is 0 Å². The predicted molar refractivity (Wildman–Crippen MR) is 93.7 cm³/mol. The molecule has 0 saturated carbocycles. The molecular weight excluding hydrogens is 379 g/mol. The minimum Gasteiger partial charge on any atom is -0.351 e. The third kappa shape index (κ3) is 5.78. The van der Waals surface area contributed by atoms with Gasteiger partial charge >= 0.3 is 0 Å². The molecule has 2 N–H and O–H groups in total. The second kappa shape index (κ2) is 8.12. The van der Waals surface area contributed by atoms with Crippen molar-refractivity contribution in [2.75, 3.05) is 12.3 Å². The maximum absolute atomic E-state index is 11.9. The molecule has 0 spiro atoms. The third-order valence-electron chi connectivity index (χ3n) is 2.90. The Balaban J connectivity index is 1.80. The van der Waals surface area contributed by atoms with Crippen molar-refractivity contribution in [1.82, 2.24) is 10.0 Å². The Kier molecular flexibility index (Phi) is 6.43. The van der Waals surface area contributed by atoms with E-state index in [1.54, 1.807) is 0 Å². The first-order valence-electron chi connectivity index (χ1n) is 6.62. The number of halogens is 2.